The number of nitrogens with one attached hydrogen (secondary N) is 2. The van der Waals surface area contributed by atoms with Crippen molar-refractivity contribution >= 4 is 28.5 Å². The summed E-state index contributed by atoms with van der Waals surface area (Å²) >= 11 is 5.99. The van der Waals surface area contributed by atoms with E-state index in [0.29, 0.717) is 22.9 Å². The molecule has 0 spiro atoms. The molecule has 7 heteroatoms. The van der Waals surface area contributed by atoms with Gasteiger partial charge in [-0.15, -0.1) is 0 Å². The fraction of sp³-hybridized carbons (Fsp3) is 0.318. The van der Waals surface area contributed by atoms with Gasteiger partial charge in [-0.05, 0) is 61.2 Å². The predicted molar refractivity (Wildman–Crippen MR) is 111 cm³/mol. The largest absolute Gasteiger partial charge is 0.451 e. The minimum Gasteiger partial charge on any atom is -0.451 e. The first-order valence-electron chi connectivity index (χ1n) is 9.70. The number of hydrogen-bond donors (Lipinski definition) is 2. The first kappa shape index (κ1) is 19.9. The maximum Gasteiger partial charge on any atom is 0.289 e. The molecule has 1 saturated heterocycles. The summed E-state index contributed by atoms with van der Waals surface area (Å²) in [7, 11) is 1.78. The highest BCUT2D eigenvalue weighted by molar-refractivity contribution is 6.31. The quantitative estimate of drug-likeness (QED) is 0.613. The summed E-state index contributed by atoms with van der Waals surface area (Å²) in [6.45, 7) is 0.624. The van der Waals surface area contributed by atoms with Crippen LogP contribution in [0.3, 0.4) is 0 Å². The molecule has 152 valence electrons. The molecule has 1 aliphatic rings. The van der Waals surface area contributed by atoms with Gasteiger partial charge in [0.15, 0.2) is 5.76 Å². The first-order chi connectivity index (χ1) is 14.0. The van der Waals surface area contributed by atoms with Crippen molar-refractivity contribution < 1.29 is 13.6 Å². The fourth-order valence-electron chi connectivity index (χ4n) is 3.74. The van der Waals surface area contributed by atoms with Crippen LogP contribution in [0.2, 0.25) is 5.02 Å². The Balaban J connectivity index is 1.27. The Morgan fingerprint density at radius 2 is 2.10 bits per heavy atom. The highest BCUT2D eigenvalue weighted by Crippen LogP contribution is 2.25. The van der Waals surface area contributed by atoms with Crippen molar-refractivity contribution in [2.75, 3.05) is 13.6 Å². The van der Waals surface area contributed by atoms with Gasteiger partial charge in [0.1, 0.15) is 11.4 Å². The number of halogens is 2. The lowest BCUT2D eigenvalue weighted by Crippen LogP contribution is -2.32. The van der Waals surface area contributed by atoms with Crippen LogP contribution in [0.4, 0.5) is 4.39 Å². The highest BCUT2D eigenvalue weighted by Gasteiger charge is 2.25. The minimum absolute atomic E-state index is 0.0948. The van der Waals surface area contributed by atoms with Gasteiger partial charge in [0.05, 0.1) is 0 Å². The summed E-state index contributed by atoms with van der Waals surface area (Å²) in [5.74, 6) is -0.0511. The van der Waals surface area contributed by atoms with Crippen LogP contribution in [-0.4, -0.2) is 30.4 Å². The average Bonchev–Trinajstić information content (AvgIpc) is 3.34. The molecule has 2 heterocycles. The number of rotatable bonds is 6. The Bertz CT molecular complexity index is 1020. The van der Waals surface area contributed by atoms with Crippen molar-refractivity contribution in [1.82, 2.24) is 15.8 Å². The third-order valence-corrected chi connectivity index (χ3v) is 5.55. The number of benzene rings is 2. The van der Waals surface area contributed by atoms with Crippen molar-refractivity contribution in [2.24, 2.45) is 0 Å². The summed E-state index contributed by atoms with van der Waals surface area (Å²) in [6.07, 6.45) is 2.64. The standard InChI is InChI=1S/C22H23ClFN3O2/c1-27(22(28)21-12-15-10-16(23)7-8-20(15)29-21)9-3-6-18-13-19(26-25-18)14-4-2-5-17(24)11-14/h2,4-5,7-8,10-12,18-19,25-26H,3,6,9,13H2,1H3. The van der Waals surface area contributed by atoms with E-state index in [-0.39, 0.29) is 23.8 Å². The molecule has 1 fully saturated rings. The zero-order valence-electron chi connectivity index (χ0n) is 16.1. The SMILES string of the molecule is CN(CCCC1CC(c2cccc(F)c2)NN1)C(=O)c1cc2cc(Cl)ccc2o1. The van der Waals surface area contributed by atoms with Crippen LogP contribution in [0, 0.1) is 5.82 Å². The molecule has 1 amide bonds. The van der Waals surface area contributed by atoms with Crippen LogP contribution in [0.15, 0.2) is 52.9 Å². The number of carbonyl (C=O) groups is 1. The topological polar surface area (TPSA) is 57.5 Å². The van der Waals surface area contributed by atoms with Crippen molar-refractivity contribution in [3.63, 3.8) is 0 Å². The molecular formula is C22H23ClFN3O2. The van der Waals surface area contributed by atoms with Crippen LogP contribution in [0.5, 0.6) is 0 Å². The first-order valence-corrected chi connectivity index (χ1v) is 10.1. The van der Waals surface area contributed by atoms with Crippen LogP contribution in [0.1, 0.15) is 41.4 Å². The zero-order valence-corrected chi connectivity index (χ0v) is 16.9. The number of amides is 1. The maximum atomic E-state index is 13.4. The molecule has 0 radical (unpaired) electrons. The van der Waals surface area contributed by atoms with Gasteiger partial charge >= 0.3 is 0 Å². The molecule has 2 unspecified atom stereocenters. The van der Waals surface area contributed by atoms with E-state index < -0.39 is 0 Å². The number of carbonyl (C=O) groups excluding carboxylic acids is 1. The Kier molecular flexibility index (Phi) is 5.85. The molecule has 1 aromatic heterocycles. The number of fused-ring (bicyclic) bond motifs is 1. The molecule has 2 aromatic carbocycles. The summed E-state index contributed by atoms with van der Waals surface area (Å²) in [6, 6.07) is 14.1. The Morgan fingerprint density at radius 3 is 2.93 bits per heavy atom. The predicted octanol–water partition coefficient (Wildman–Crippen LogP) is 4.69. The molecule has 0 aliphatic carbocycles. The van der Waals surface area contributed by atoms with Crippen LogP contribution in [-0.2, 0) is 0 Å². The molecule has 2 atom stereocenters. The lowest BCUT2D eigenvalue weighted by molar-refractivity contribution is 0.0762. The molecule has 0 bridgehead atoms. The molecular weight excluding hydrogens is 393 g/mol. The van der Waals surface area contributed by atoms with E-state index in [1.165, 1.54) is 6.07 Å². The zero-order chi connectivity index (χ0) is 20.4. The third kappa shape index (κ3) is 4.61. The normalized spacial score (nSPS) is 19.0. The van der Waals surface area contributed by atoms with E-state index in [1.54, 1.807) is 48.3 Å². The van der Waals surface area contributed by atoms with Crippen molar-refractivity contribution in [2.45, 2.75) is 31.3 Å². The van der Waals surface area contributed by atoms with Crippen molar-refractivity contribution in [1.29, 1.82) is 0 Å². The highest BCUT2D eigenvalue weighted by atomic mass is 35.5. The average molecular weight is 416 g/mol. The second-order valence-corrected chi connectivity index (χ2v) is 7.93. The maximum absolute atomic E-state index is 13.4. The third-order valence-electron chi connectivity index (χ3n) is 5.31. The molecule has 29 heavy (non-hydrogen) atoms. The van der Waals surface area contributed by atoms with Crippen LogP contribution >= 0.6 is 11.6 Å². The van der Waals surface area contributed by atoms with Crippen molar-refractivity contribution in [3.8, 4) is 0 Å². The molecule has 2 N–H and O–H groups in total. The van der Waals surface area contributed by atoms with Gasteiger partial charge in [-0.3, -0.25) is 15.6 Å². The van der Waals surface area contributed by atoms with E-state index in [1.807, 2.05) is 6.07 Å². The van der Waals surface area contributed by atoms with Crippen LogP contribution in [0.25, 0.3) is 11.0 Å². The summed E-state index contributed by atoms with van der Waals surface area (Å²) in [4.78, 5) is 14.3. The number of furan rings is 1. The summed E-state index contributed by atoms with van der Waals surface area (Å²) in [5, 5.41) is 1.43. The lowest BCUT2D eigenvalue weighted by atomic mass is 9.99. The monoisotopic (exact) mass is 415 g/mol. The number of nitrogens with zero attached hydrogens (tertiary/aromatic N) is 1. The smallest absolute Gasteiger partial charge is 0.289 e. The molecule has 4 rings (SSSR count). The molecule has 3 aromatic rings. The number of hydrogen-bond acceptors (Lipinski definition) is 4. The number of hydrazine groups is 1. The summed E-state index contributed by atoms with van der Waals surface area (Å²) < 4.78 is 19.1. The van der Waals surface area contributed by atoms with Gasteiger partial charge < -0.3 is 9.32 Å². The summed E-state index contributed by atoms with van der Waals surface area (Å²) in [5.41, 5.74) is 8.10. The van der Waals surface area contributed by atoms with E-state index in [9.17, 15) is 9.18 Å². The fourth-order valence-corrected chi connectivity index (χ4v) is 3.92. The van der Waals surface area contributed by atoms with Gasteiger partial charge in [0, 0.05) is 36.1 Å². The molecule has 1 aliphatic heterocycles. The second-order valence-electron chi connectivity index (χ2n) is 7.49. The lowest BCUT2D eigenvalue weighted by Gasteiger charge is -2.17. The Hall–Kier alpha value is -2.41. The van der Waals surface area contributed by atoms with Gasteiger partial charge in [-0.2, -0.15) is 0 Å². The van der Waals surface area contributed by atoms with Gasteiger partial charge in [0.2, 0.25) is 0 Å². The Labute approximate surface area is 173 Å². The molecule has 5 nitrogen and oxygen atoms in total. The second kappa shape index (κ2) is 8.53. The van der Waals surface area contributed by atoms with Crippen molar-refractivity contribution in [3.05, 3.63) is 70.7 Å². The van der Waals surface area contributed by atoms with Gasteiger partial charge in [0.25, 0.3) is 5.91 Å². The molecule has 0 saturated carbocycles. The van der Waals surface area contributed by atoms with E-state index in [4.69, 9.17) is 16.0 Å². The minimum atomic E-state index is -0.222. The van der Waals surface area contributed by atoms with E-state index in [2.05, 4.69) is 10.9 Å². The van der Waals surface area contributed by atoms with Gasteiger partial charge in [-0.1, -0.05) is 23.7 Å². The van der Waals surface area contributed by atoms with E-state index in [0.717, 1.165) is 30.2 Å². The van der Waals surface area contributed by atoms with E-state index >= 15 is 0 Å². The van der Waals surface area contributed by atoms with Gasteiger partial charge in [-0.25, -0.2) is 4.39 Å². The Morgan fingerprint density at radius 1 is 1.24 bits per heavy atom. The van der Waals surface area contributed by atoms with Crippen LogP contribution < -0.4 is 10.9 Å².